The van der Waals surface area contributed by atoms with E-state index in [2.05, 4.69) is 24.8 Å². The highest BCUT2D eigenvalue weighted by molar-refractivity contribution is 5.41. The molecule has 2 nitrogen and oxygen atoms in total. The summed E-state index contributed by atoms with van der Waals surface area (Å²) in [7, 11) is 0. The van der Waals surface area contributed by atoms with E-state index in [0.717, 1.165) is 5.56 Å². The van der Waals surface area contributed by atoms with Gasteiger partial charge in [0.05, 0.1) is 5.54 Å². The Kier molecular flexibility index (Phi) is 3.27. The standard InChI is InChI=1S/C15H18N2/c1-2-15(17)10-4-3-5-14(15)13-8-6-12(11-16)7-9-13/h2-10,14H,1,11,16-17H2/t14?,15-/m0/s1. The maximum absolute atomic E-state index is 6.32. The molecule has 0 aromatic heterocycles. The molecule has 0 heterocycles. The van der Waals surface area contributed by atoms with Crippen LogP contribution in [0.5, 0.6) is 0 Å². The summed E-state index contributed by atoms with van der Waals surface area (Å²) in [6.07, 6.45) is 9.89. The lowest BCUT2D eigenvalue weighted by molar-refractivity contribution is 0.579. The van der Waals surface area contributed by atoms with Gasteiger partial charge in [0.15, 0.2) is 0 Å². The monoisotopic (exact) mass is 226 g/mol. The second-order valence-corrected chi connectivity index (χ2v) is 4.37. The molecule has 1 aliphatic carbocycles. The van der Waals surface area contributed by atoms with Crippen molar-refractivity contribution in [1.82, 2.24) is 0 Å². The van der Waals surface area contributed by atoms with E-state index in [4.69, 9.17) is 11.5 Å². The zero-order valence-corrected chi connectivity index (χ0v) is 9.84. The van der Waals surface area contributed by atoms with Crippen molar-refractivity contribution in [3.8, 4) is 0 Å². The summed E-state index contributed by atoms with van der Waals surface area (Å²) >= 11 is 0. The van der Waals surface area contributed by atoms with Crippen LogP contribution in [-0.2, 0) is 6.54 Å². The van der Waals surface area contributed by atoms with Gasteiger partial charge in [-0.1, -0.05) is 54.6 Å². The van der Waals surface area contributed by atoms with Crippen LogP contribution in [0.25, 0.3) is 0 Å². The third-order valence-electron chi connectivity index (χ3n) is 3.27. The molecule has 4 N–H and O–H groups in total. The molecule has 1 aromatic rings. The van der Waals surface area contributed by atoms with E-state index < -0.39 is 5.54 Å². The number of benzene rings is 1. The van der Waals surface area contributed by atoms with Crippen LogP contribution in [0, 0.1) is 0 Å². The first kappa shape index (κ1) is 11.8. The third-order valence-corrected chi connectivity index (χ3v) is 3.27. The van der Waals surface area contributed by atoms with Gasteiger partial charge in [-0.25, -0.2) is 0 Å². The number of nitrogens with two attached hydrogens (primary N) is 2. The van der Waals surface area contributed by atoms with Crippen LogP contribution >= 0.6 is 0 Å². The minimum Gasteiger partial charge on any atom is -0.326 e. The minimum absolute atomic E-state index is 0.136. The lowest BCUT2D eigenvalue weighted by Crippen LogP contribution is -2.41. The Morgan fingerprint density at radius 1 is 1.24 bits per heavy atom. The summed E-state index contributed by atoms with van der Waals surface area (Å²) in [5, 5.41) is 0. The highest BCUT2D eigenvalue weighted by Crippen LogP contribution is 2.32. The fraction of sp³-hybridized carbons (Fsp3) is 0.200. The largest absolute Gasteiger partial charge is 0.326 e. The Morgan fingerprint density at radius 3 is 2.53 bits per heavy atom. The van der Waals surface area contributed by atoms with Crippen LogP contribution in [-0.4, -0.2) is 5.54 Å². The molecule has 1 aliphatic rings. The van der Waals surface area contributed by atoms with E-state index in [0.29, 0.717) is 6.54 Å². The SMILES string of the molecule is C=C[C@]1(N)C=CC=CC1c1ccc(CN)cc1. The summed E-state index contributed by atoms with van der Waals surface area (Å²) in [5.74, 6) is 0.136. The molecule has 0 amide bonds. The Labute approximate surface area is 102 Å². The van der Waals surface area contributed by atoms with Crippen molar-refractivity contribution in [2.24, 2.45) is 11.5 Å². The topological polar surface area (TPSA) is 52.0 Å². The lowest BCUT2D eigenvalue weighted by atomic mass is 9.77. The van der Waals surface area contributed by atoms with Gasteiger partial charge in [-0.2, -0.15) is 0 Å². The second kappa shape index (κ2) is 4.70. The van der Waals surface area contributed by atoms with Gasteiger partial charge in [0.25, 0.3) is 0 Å². The molecule has 0 saturated carbocycles. The van der Waals surface area contributed by atoms with Gasteiger partial charge in [-0.15, -0.1) is 6.58 Å². The molecule has 0 bridgehead atoms. The maximum Gasteiger partial charge on any atom is 0.0630 e. The summed E-state index contributed by atoms with van der Waals surface area (Å²) in [5.41, 5.74) is 13.7. The first-order valence-electron chi connectivity index (χ1n) is 5.77. The molecule has 1 aromatic carbocycles. The summed E-state index contributed by atoms with van der Waals surface area (Å²) in [4.78, 5) is 0. The Morgan fingerprint density at radius 2 is 1.94 bits per heavy atom. The van der Waals surface area contributed by atoms with E-state index in [1.807, 2.05) is 30.4 Å². The van der Waals surface area contributed by atoms with Crippen molar-refractivity contribution in [2.45, 2.75) is 18.0 Å². The molecular formula is C15H18N2. The van der Waals surface area contributed by atoms with Gasteiger partial charge in [0.2, 0.25) is 0 Å². The molecule has 0 spiro atoms. The first-order chi connectivity index (χ1) is 8.19. The van der Waals surface area contributed by atoms with Crippen LogP contribution in [0.1, 0.15) is 17.0 Å². The second-order valence-electron chi connectivity index (χ2n) is 4.37. The third kappa shape index (κ3) is 2.23. The van der Waals surface area contributed by atoms with E-state index in [1.165, 1.54) is 5.56 Å². The smallest absolute Gasteiger partial charge is 0.0630 e. The number of rotatable bonds is 3. The molecule has 17 heavy (non-hydrogen) atoms. The molecule has 88 valence electrons. The predicted octanol–water partition coefficient (Wildman–Crippen LogP) is 2.24. The van der Waals surface area contributed by atoms with Crippen LogP contribution in [0.4, 0.5) is 0 Å². The van der Waals surface area contributed by atoms with Gasteiger partial charge in [0, 0.05) is 12.5 Å². The maximum atomic E-state index is 6.32. The zero-order valence-electron chi connectivity index (χ0n) is 9.84. The van der Waals surface area contributed by atoms with Crippen LogP contribution in [0.3, 0.4) is 0 Å². The van der Waals surface area contributed by atoms with Crippen molar-refractivity contribution in [3.63, 3.8) is 0 Å². The number of allylic oxidation sites excluding steroid dienone is 2. The van der Waals surface area contributed by atoms with Crippen molar-refractivity contribution in [1.29, 1.82) is 0 Å². The number of hydrogen-bond donors (Lipinski definition) is 2. The molecule has 2 rings (SSSR count). The molecular weight excluding hydrogens is 208 g/mol. The van der Waals surface area contributed by atoms with E-state index in [-0.39, 0.29) is 5.92 Å². The van der Waals surface area contributed by atoms with Crippen molar-refractivity contribution in [3.05, 3.63) is 72.4 Å². The predicted molar refractivity (Wildman–Crippen MR) is 72.5 cm³/mol. The fourth-order valence-electron chi connectivity index (χ4n) is 2.12. The lowest BCUT2D eigenvalue weighted by Gasteiger charge is -2.32. The van der Waals surface area contributed by atoms with Crippen LogP contribution in [0.2, 0.25) is 0 Å². The molecule has 0 radical (unpaired) electrons. The summed E-state index contributed by atoms with van der Waals surface area (Å²) in [6, 6.07) is 8.26. The highest BCUT2D eigenvalue weighted by atomic mass is 14.7. The fourth-order valence-corrected chi connectivity index (χ4v) is 2.12. The highest BCUT2D eigenvalue weighted by Gasteiger charge is 2.30. The summed E-state index contributed by atoms with van der Waals surface area (Å²) < 4.78 is 0. The van der Waals surface area contributed by atoms with Gasteiger partial charge in [0.1, 0.15) is 0 Å². The van der Waals surface area contributed by atoms with E-state index in [9.17, 15) is 0 Å². The van der Waals surface area contributed by atoms with Crippen molar-refractivity contribution in [2.75, 3.05) is 0 Å². The Hall–Kier alpha value is -1.64. The molecule has 0 aliphatic heterocycles. The summed E-state index contributed by atoms with van der Waals surface area (Å²) in [6.45, 7) is 4.40. The minimum atomic E-state index is -0.501. The Balaban J connectivity index is 2.34. The van der Waals surface area contributed by atoms with Crippen molar-refractivity contribution >= 4 is 0 Å². The molecule has 0 saturated heterocycles. The van der Waals surface area contributed by atoms with Gasteiger partial charge >= 0.3 is 0 Å². The quantitative estimate of drug-likeness (QED) is 0.777. The molecule has 2 heteroatoms. The molecule has 0 fully saturated rings. The van der Waals surface area contributed by atoms with Gasteiger partial charge < -0.3 is 11.5 Å². The van der Waals surface area contributed by atoms with Crippen molar-refractivity contribution < 1.29 is 0 Å². The Bertz CT molecular complexity index is 456. The molecule has 2 atom stereocenters. The normalized spacial score (nSPS) is 27.1. The molecule has 1 unspecified atom stereocenters. The van der Waals surface area contributed by atoms with E-state index in [1.54, 1.807) is 6.08 Å². The average molecular weight is 226 g/mol. The number of hydrogen-bond acceptors (Lipinski definition) is 2. The van der Waals surface area contributed by atoms with Gasteiger partial charge in [-0.3, -0.25) is 0 Å². The van der Waals surface area contributed by atoms with Crippen LogP contribution in [0.15, 0.2) is 61.2 Å². The zero-order chi connectivity index (χ0) is 12.3. The van der Waals surface area contributed by atoms with Gasteiger partial charge in [-0.05, 0) is 11.1 Å². The van der Waals surface area contributed by atoms with Crippen LogP contribution < -0.4 is 11.5 Å². The average Bonchev–Trinajstić information content (AvgIpc) is 2.39. The van der Waals surface area contributed by atoms with E-state index >= 15 is 0 Å². The first-order valence-corrected chi connectivity index (χ1v) is 5.77.